The Morgan fingerprint density at radius 2 is 1.71 bits per heavy atom. The summed E-state index contributed by atoms with van der Waals surface area (Å²) in [5, 5.41) is 2.55. The zero-order valence-corrected chi connectivity index (χ0v) is 16.7. The van der Waals surface area contributed by atoms with Crippen LogP contribution in [0, 0.1) is 27.7 Å². The second-order valence-electron chi connectivity index (χ2n) is 6.33. The van der Waals surface area contributed by atoms with Crippen molar-refractivity contribution in [1.82, 2.24) is 10.3 Å². The number of hydrogen-bond acceptors (Lipinski definition) is 4. The van der Waals surface area contributed by atoms with Crippen molar-refractivity contribution in [2.24, 2.45) is 0 Å². The van der Waals surface area contributed by atoms with E-state index in [1.807, 2.05) is 5.32 Å². The normalized spacial score (nSPS) is 12.5. The molecule has 1 aromatic carbocycles. The number of aromatic nitrogens is 1. The molecule has 28 heavy (non-hydrogen) atoms. The van der Waals surface area contributed by atoms with Crippen LogP contribution in [0.15, 0.2) is 18.2 Å². The van der Waals surface area contributed by atoms with Crippen LogP contribution < -0.4 is 10.1 Å². The first-order chi connectivity index (χ1) is 12.9. The molecule has 1 N–H and O–H groups in total. The van der Waals surface area contributed by atoms with Gasteiger partial charge >= 0.3 is 12.3 Å². The van der Waals surface area contributed by atoms with E-state index in [-0.39, 0.29) is 22.7 Å². The van der Waals surface area contributed by atoms with Crippen LogP contribution >= 0.6 is 11.6 Å². The van der Waals surface area contributed by atoms with Crippen LogP contribution in [0.4, 0.5) is 18.0 Å². The van der Waals surface area contributed by atoms with Gasteiger partial charge in [0.05, 0.1) is 0 Å². The van der Waals surface area contributed by atoms with Crippen LogP contribution in [-0.2, 0) is 4.74 Å². The van der Waals surface area contributed by atoms with Gasteiger partial charge in [0.25, 0.3) is 0 Å². The first-order valence-electron chi connectivity index (χ1n) is 8.31. The summed E-state index contributed by atoms with van der Waals surface area (Å²) in [5.74, 6) is 0.450. The van der Waals surface area contributed by atoms with E-state index in [1.54, 1.807) is 26.0 Å². The number of rotatable bonds is 4. The maximum atomic E-state index is 13.6. The van der Waals surface area contributed by atoms with Crippen LogP contribution in [0.25, 0.3) is 0 Å². The predicted molar refractivity (Wildman–Crippen MR) is 99.0 cm³/mol. The van der Waals surface area contributed by atoms with Crippen molar-refractivity contribution in [2.45, 2.75) is 40.0 Å². The maximum absolute atomic E-state index is 13.6. The van der Waals surface area contributed by atoms with Gasteiger partial charge in [-0.05, 0) is 57.0 Å². The van der Waals surface area contributed by atoms with Crippen molar-refractivity contribution >= 4 is 17.7 Å². The van der Waals surface area contributed by atoms with Crippen LogP contribution in [0.3, 0.4) is 0 Å². The minimum absolute atomic E-state index is 0.00159. The number of carbonyl (C=O) groups excluding carboxylic acids is 1. The number of pyridine rings is 1. The van der Waals surface area contributed by atoms with Crippen molar-refractivity contribution in [3.8, 4) is 11.6 Å². The monoisotopic (exact) mass is 416 g/mol. The molecule has 1 unspecified atom stereocenters. The fourth-order valence-electron chi connectivity index (χ4n) is 2.73. The number of nitrogens with zero attached hydrogens (tertiary/aromatic N) is 1. The Morgan fingerprint density at radius 3 is 2.21 bits per heavy atom. The summed E-state index contributed by atoms with van der Waals surface area (Å²) in [6.07, 6.45) is -8.46. The average molecular weight is 417 g/mol. The van der Waals surface area contributed by atoms with E-state index in [4.69, 9.17) is 16.3 Å². The Kier molecular flexibility index (Phi) is 6.44. The predicted octanol–water partition coefficient (Wildman–Crippen LogP) is 5.72. The van der Waals surface area contributed by atoms with Gasteiger partial charge in [-0.3, -0.25) is 0 Å². The van der Waals surface area contributed by atoms with Gasteiger partial charge in [0.15, 0.2) is 0 Å². The number of hydrogen-bond donors (Lipinski definition) is 1. The molecule has 0 aliphatic rings. The first-order valence-corrected chi connectivity index (χ1v) is 8.69. The van der Waals surface area contributed by atoms with Crippen molar-refractivity contribution < 1.29 is 27.4 Å². The number of amides is 1. The molecule has 152 valence electrons. The van der Waals surface area contributed by atoms with Gasteiger partial charge in [0.1, 0.15) is 5.75 Å². The highest BCUT2D eigenvalue weighted by Gasteiger charge is 2.45. The molecule has 1 atom stereocenters. The van der Waals surface area contributed by atoms with Crippen molar-refractivity contribution in [1.29, 1.82) is 0 Å². The number of benzene rings is 1. The Bertz CT molecular complexity index is 878. The Morgan fingerprint density at radius 1 is 1.14 bits per heavy atom. The first kappa shape index (κ1) is 21.8. The summed E-state index contributed by atoms with van der Waals surface area (Å²) in [5.41, 5.74) is 1.58. The lowest BCUT2D eigenvalue weighted by Gasteiger charge is -2.24. The van der Waals surface area contributed by atoms with Gasteiger partial charge in [-0.2, -0.15) is 13.2 Å². The number of alkyl carbamates (subject to hydrolysis) is 1. The molecule has 0 radical (unpaired) electrons. The lowest BCUT2D eigenvalue weighted by atomic mass is 10.0. The molecule has 0 bridgehead atoms. The number of alkyl halides is 3. The number of carbonyl (C=O) groups is 1. The van der Waals surface area contributed by atoms with Gasteiger partial charge in [-0.1, -0.05) is 11.6 Å². The van der Waals surface area contributed by atoms with Crippen LogP contribution in [0.5, 0.6) is 11.6 Å². The number of ether oxygens (including phenoxy) is 2. The summed E-state index contributed by atoms with van der Waals surface area (Å²) >= 11 is 6.01. The highest BCUT2D eigenvalue weighted by atomic mass is 35.5. The highest BCUT2D eigenvalue weighted by molar-refractivity contribution is 6.30. The fraction of sp³-hybridized carbons (Fsp3) is 0.368. The SMILES string of the molecule is CNC(=O)OC(c1cc(C)nc(Oc2c(C)cc(Cl)cc2C)c1C)C(F)(F)F. The van der Waals surface area contributed by atoms with E-state index in [0.29, 0.717) is 21.9 Å². The van der Waals surface area contributed by atoms with Crippen LogP contribution in [0.2, 0.25) is 5.02 Å². The lowest BCUT2D eigenvalue weighted by molar-refractivity contribution is -0.206. The molecule has 0 saturated heterocycles. The summed E-state index contributed by atoms with van der Waals surface area (Å²) in [6, 6.07) is 4.59. The van der Waals surface area contributed by atoms with E-state index in [0.717, 1.165) is 0 Å². The second-order valence-corrected chi connectivity index (χ2v) is 6.77. The standard InChI is InChI=1S/C19H20ClF3N2O3/c1-9-6-13(20)7-10(2)15(9)27-17-12(4)14(8-11(3)25-17)16(19(21,22)23)28-18(26)24-5/h6-8,16H,1-5H3,(H,24,26). The molecule has 2 aromatic rings. The van der Waals surface area contributed by atoms with Gasteiger partial charge in [0, 0.05) is 28.9 Å². The Hall–Kier alpha value is -2.48. The average Bonchev–Trinajstić information content (AvgIpc) is 2.57. The molecular formula is C19H20ClF3N2O3. The molecular weight excluding hydrogens is 397 g/mol. The molecule has 9 heteroatoms. The van der Waals surface area contributed by atoms with E-state index in [2.05, 4.69) is 9.72 Å². The number of nitrogens with one attached hydrogen (secondary N) is 1. The highest BCUT2D eigenvalue weighted by Crippen LogP contribution is 2.41. The molecule has 0 saturated carbocycles. The minimum atomic E-state index is -4.81. The summed E-state index contributed by atoms with van der Waals surface area (Å²) in [7, 11) is 1.18. The number of aryl methyl sites for hydroxylation is 3. The quantitative estimate of drug-likeness (QED) is 0.692. The molecule has 1 aromatic heterocycles. The third kappa shape index (κ3) is 4.86. The maximum Gasteiger partial charge on any atom is 0.429 e. The summed E-state index contributed by atoms with van der Waals surface area (Å²) in [6.45, 7) is 6.51. The van der Waals surface area contributed by atoms with Crippen molar-refractivity contribution in [3.05, 3.63) is 51.2 Å². The zero-order chi connectivity index (χ0) is 21.2. The third-order valence-corrected chi connectivity index (χ3v) is 4.25. The van der Waals surface area contributed by atoms with Gasteiger partial charge in [0.2, 0.25) is 12.0 Å². The van der Waals surface area contributed by atoms with Crippen LogP contribution in [0.1, 0.15) is 34.1 Å². The summed E-state index contributed by atoms with van der Waals surface area (Å²) in [4.78, 5) is 15.7. The van der Waals surface area contributed by atoms with E-state index >= 15 is 0 Å². The molecule has 2 rings (SSSR count). The lowest BCUT2D eigenvalue weighted by Crippen LogP contribution is -2.31. The molecule has 0 aliphatic heterocycles. The smallest absolute Gasteiger partial charge is 0.429 e. The van der Waals surface area contributed by atoms with Gasteiger partial charge in [-0.15, -0.1) is 0 Å². The van der Waals surface area contributed by atoms with Gasteiger partial charge in [-0.25, -0.2) is 9.78 Å². The second kappa shape index (κ2) is 8.26. The molecule has 0 aliphatic carbocycles. The molecule has 0 spiro atoms. The summed E-state index contributed by atoms with van der Waals surface area (Å²) < 4.78 is 51.1. The fourth-order valence-corrected chi connectivity index (χ4v) is 3.06. The molecule has 5 nitrogen and oxygen atoms in total. The Balaban J connectivity index is 2.55. The van der Waals surface area contributed by atoms with Crippen LogP contribution in [-0.4, -0.2) is 24.3 Å². The van der Waals surface area contributed by atoms with Crippen molar-refractivity contribution in [3.63, 3.8) is 0 Å². The van der Waals surface area contributed by atoms with Gasteiger partial charge < -0.3 is 14.8 Å². The molecule has 1 heterocycles. The third-order valence-electron chi connectivity index (χ3n) is 4.03. The largest absolute Gasteiger partial charge is 0.438 e. The van der Waals surface area contributed by atoms with E-state index in [9.17, 15) is 18.0 Å². The van der Waals surface area contributed by atoms with Crippen molar-refractivity contribution in [2.75, 3.05) is 7.05 Å². The number of halogens is 4. The minimum Gasteiger partial charge on any atom is -0.438 e. The van der Waals surface area contributed by atoms with E-state index < -0.39 is 18.4 Å². The topological polar surface area (TPSA) is 60.5 Å². The molecule has 0 fully saturated rings. The molecule has 1 amide bonds. The zero-order valence-electron chi connectivity index (χ0n) is 16.0. The van der Waals surface area contributed by atoms with E-state index in [1.165, 1.54) is 27.0 Å². The Labute approximate surface area is 165 Å².